The van der Waals surface area contributed by atoms with E-state index in [-0.39, 0.29) is 5.48 Å². The minimum atomic E-state index is 0. The molecule has 0 saturated heterocycles. The molecule has 1 rings (SSSR count). The van der Waals surface area contributed by atoms with Crippen molar-refractivity contribution in [3.8, 4) is 0 Å². The highest BCUT2D eigenvalue weighted by Crippen LogP contribution is 2.03. The van der Waals surface area contributed by atoms with Gasteiger partial charge in [-0.15, -0.1) is 0 Å². The smallest absolute Gasteiger partial charge is 0.104 e. The van der Waals surface area contributed by atoms with Gasteiger partial charge in [0.1, 0.15) is 4.99 Å². The van der Waals surface area contributed by atoms with Gasteiger partial charge in [-0.1, -0.05) is 25.6 Å². The normalized spacial score (nSPS) is 9.00. The molecule has 0 aromatic carbocycles. The molecule has 4 N–H and O–H groups in total. The summed E-state index contributed by atoms with van der Waals surface area (Å²) in [5.74, 6) is 0. The predicted molar refractivity (Wildman–Crippen MR) is 57.7 cm³/mol. The van der Waals surface area contributed by atoms with Crippen LogP contribution < -0.4 is 5.73 Å². The highest BCUT2D eigenvalue weighted by Gasteiger charge is 1.97. The minimum absolute atomic E-state index is 0. The molecule has 0 saturated carbocycles. The molecule has 0 atom stereocenters. The Hall–Kier alpha value is -1.00. The van der Waals surface area contributed by atoms with E-state index >= 15 is 0 Å². The topological polar surface area (TPSA) is 70.4 Å². The Kier molecular flexibility index (Phi) is 5.18. The first kappa shape index (κ1) is 12.0. The van der Waals surface area contributed by atoms with Crippen LogP contribution in [0.2, 0.25) is 0 Å². The molecule has 4 heteroatoms. The third kappa shape index (κ3) is 3.48. The summed E-state index contributed by atoms with van der Waals surface area (Å²) in [6.07, 6.45) is 3.82. The van der Waals surface area contributed by atoms with Crippen LogP contribution in [0.1, 0.15) is 24.6 Å². The van der Waals surface area contributed by atoms with E-state index in [1.165, 1.54) is 0 Å². The lowest BCUT2D eigenvalue weighted by Gasteiger charge is -2.00. The van der Waals surface area contributed by atoms with Crippen LogP contribution in [-0.4, -0.2) is 15.4 Å². The monoisotopic (exact) mass is 198 g/mol. The molecule has 0 radical (unpaired) electrons. The zero-order valence-electron chi connectivity index (χ0n) is 7.58. The van der Waals surface area contributed by atoms with E-state index in [1.807, 2.05) is 12.1 Å². The summed E-state index contributed by atoms with van der Waals surface area (Å²) >= 11 is 4.86. The van der Waals surface area contributed by atoms with E-state index in [2.05, 4.69) is 11.9 Å². The van der Waals surface area contributed by atoms with Crippen LogP contribution in [0.25, 0.3) is 0 Å². The third-order valence-electron chi connectivity index (χ3n) is 1.61. The molecule has 3 nitrogen and oxygen atoms in total. The average Bonchev–Trinajstić information content (AvgIpc) is 2.05. The number of rotatable bonds is 3. The van der Waals surface area contributed by atoms with E-state index in [1.54, 1.807) is 6.20 Å². The quantitative estimate of drug-likeness (QED) is 0.732. The van der Waals surface area contributed by atoms with Crippen molar-refractivity contribution in [2.45, 2.75) is 19.8 Å². The van der Waals surface area contributed by atoms with E-state index in [4.69, 9.17) is 18.0 Å². The molecule has 0 amide bonds. The molecule has 13 heavy (non-hydrogen) atoms. The van der Waals surface area contributed by atoms with Gasteiger partial charge in [0, 0.05) is 17.5 Å². The third-order valence-corrected chi connectivity index (χ3v) is 1.84. The molecule has 0 unspecified atom stereocenters. The fraction of sp³-hybridized carbons (Fsp3) is 0.333. The van der Waals surface area contributed by atoms with Gasteiger partial charge in [0.2, 0.25) is 0 Å². The van der Waals surface area contributed by atoms with Crippen molar-refractivity contribution in [3.63, 3.8) is 0 Å². The number of hydrogen-bond acceptors (Lipinski definition) is 2. The van der Waals surface area contributed by atoms with Crippen molar-refractivity contribution in [2.75, 3.05) is 0 Å². The Balaban J connectivity index is 0.00000144. The van der Waals surface area contributed by atoms with E-state index < -0.39 is 0 Å². The first-order valence-corrected chi connectivity index (χ1v) is 4.39. The maximum absolute atomic E-state index is 5.48. The molecule has 1 aromatic heterocycles. The summed E-state index contributed by atoms with van der Waals surface area (Å²) in [5.41, 5.74) is 7.45. The van der Waals surface area contributed by atoms with Crippen molar-refractivity contribution in [1.82, 2.24) is 4.98 Å². The molecular weight excluding hydrogens is 184 g/mol. The van der Waals surface area contributed by atoms with Crippen molar-refractivity contribution in [3.05, 3.63) is 29.6 Å². The number of hydrogen-bond donors (Lipinski definition) is 1. The van der Waals surface area contributed by atoms with E-state index in [0.717, 1.165) is 24.1 Å². The Bertz CT molecular complexity index is 289. The van der Waals surface area contributed by atoms with Gasteiger partial charge in [-0.25, -0.2) is 0 Å². The first-order valence-electron chi connectivity index (χ1n) is 3.98. The van der Waals surface area contributed by atoms with Crippen molar-refractivity contribution in [2.24, 2.45) is 5.73 Å². The highest BCUT2D eigenvalue weighted by molar-refractivity contribution is 7.80. The van der Waals surface area contributed by atoms with Gasteiger partial charge in [-0.3, -0.25) is 4.98 Å². The first-order chi connectivity index (χ1) is 5.74. The Labute approximate surface area is 83.3 Å². The van der Waals surface area contributed by atoms with Gasteiger partial charge in [-0.2, -0.15) is 0 Å². The van der Waals surface area contributed by atoms with Gasteiger partial charge in [-0.05, 0) is 18.6 Å². The highest BCUT2D eigenvalue weighted by atomic mass is 32.1. The van der Waals surface area contributed by atoms with Crippen LogP contribution in [0, 0.1) is 0 Å². The molecular formula is C9H14N2OS. The fourth-order valence-electron chi connectivity index (χ4n) is 1.02. The number of thiocarbonyl (C=S) groups is 1. The maximum atomic E-state index is 5.48. The number of nitrogens with zero attached hydrogens (tertiary/aromatic N) is 1. The second-order valence-corrected chi connectivity index (χ2v) is 3.09. The van der Waals surface area contributed by atoms with Gasteiger partial charge in [0.25, 0.3) is 0 Å². The van der Waals surface area contributed by atoms with Crippen LogP contribution >= 0.6 is 12.2 Å². The van der Waals surface area contributed by atoms with E-state index in [0.29, 0.717) is 4.99 Å². The van der Waals surface area contributed by atoms with Crippen molar-refractivity contribution < 1.29 is 5.48 Å². The van der Waals surface area contributed by atoms with E-state index in [9.17, 15) is 0 Å². The molecule has 0 fully saturated rings. The summed E-state index contributed by atoms with van der Waals surface area (Å²) in [4.78, 5) is 4.64. The molecule has 1 heterocycles. The predicted octanol–water partition coefficient (Wildman–Crippen LogP) is 0.844. The molecule has 0 spiro atoms. The van der Waals surface area contributed by atoms with Crippen LogP contribution in [-0.2, 0) is 6.42 Å². The van der Waals surface area contributed by atoms with Crippen molar-refractivity contribution >= 4 is 17.2 Å². The van der Waals surface area contributed by atoms with Crippen LogP contribution in [0.3, 0.4) is 0 Å². The van der Waals surface area contributed by atoms with Crippen LogP contribution in [0.4, 0.5) is 0 Å². The Morgan fingerprint density at radius 1 is 1.62 bits per heavy atom. The Morgan fingerprint density at radius 2 is 2.31 bits per heavy atom. The summed E-state index contributed by atoms with van der Waals surface area (Å²) < 4.78 is 0. The number of aryl methyl sites for hydroxylation is 1. The second-order valence-electron chi connectivity index (χ2n) is 2.65. The maximum Gasteiger partial charge on any atom is 0.104 e. The van der Waals surface area contributed by atoms with Gasteiger partial charge in [0.05, 0.1) is 0 Å². The molecule has 72 valence electrons. The fourth-order valence-corrected chi connectivity index (χ4v) is 1.15. The van der Waals surface area contributed by atoms with Gasteiger partial charge >= 0.3 is 0 Å². The Morgan fingerprint density at radius 3 is 2.85 bits per heavy atom. The molecule has 0 aliphatic rings. The lowest BCUT2D eigenvalue weighted by molar-refractivity contribution is 0.824. The minimum Gasteiger partial charge on any atom is -0.412 e. The van der Waals surface area contributed by atoms with Crippen LogP contribution in [0.15, 0.2) is 18.3 Å². The standard InChI is InChI=1S/C9H12N2S.H2O/c1-2-3-8-6-7(9(10)12)4-5-11-8;/h4-6H,2-3H2,1H3,(H2,10,12);1H2. The van der Waals surface area contributed by atoms with Gasteiger partial charge in [0.15, 0.2) is 0 Å². The molecule has 0 bridgehead atoms. The lowest BCUT2D eigenvalue weighted by Crippen LogP contribution is -2.09. The van der Waals surface area contributed by atoms with Crippen LogP contribution in [0.5, 0.6) is 0 Å². The zero-order chi connectivity index (χ0) is 8.97. The molecule has 0 aliphatic heterocycles. The number of pyridine rings is 1. The SMILES string of the molecule is CCCc1cc(C(N)=S)ccn1.O. The molecule has 0 aliphatic carbocycles. The largest absolute Gasteiger partial charge is 0.412 e. The second kappa shape index (κ2) is 5.61. The summed E-state index contributed by atoms with van der Waals surface area (Å²) in [7, 11) is 0. The summed E-state index contributed by atoms with van der Waals surface area (Å²) in [6, 6.07) is 3.79. The average molecular weight is 198 g/mol. The zero-order valence-corrected chi connectivity index (χ0v) is 8.40. The number of nitrogens with two attached hydrogens (primary N) is 1. The number of aromatic nitrogens is 1. The van der Waals surface area contributed by atoms with Crippen molar-refractivity contribution in [1.29, 1.82) is 0 Å². The van der Waals surface area contributed by atoms with Gasteiger partial charge < -0.3 is 11.2 Å². The summed E-state index contributed by atoms with van der Waals surface area (Å²) in [6.45, 7) is 2.12. The summed E-state index contributed by atoms with van der Waals surface area (Å²) in [5, 5.41) is 0. The lowest BCUT2D eigenvalue weighted by atomic mass is 10.2. The molecule has 1 aromatic rings.